The SMILES string of the molecule is CCN(C(=O)C1(C#N)CCCC1)c1ccc(C)cc1. The molecule has 1 aromatic rings. The van der Waals surface area contributed by atoms with Crippen LogP contribution in [0.5, 0.6) is 0 Å². The molecule has 0 unspecified atom stereocenters. The molecule has 2 rings (SSSR count). The molecule has 0 N–H and O–H groups in total. The van der Waals surface area contributed by atoms with Gasteiger partial charge in [0.05, 0.1) is 6.07 Å². The fourth-order valence-corrected chi connectivity index (χ4v) is 2.78. The van der Waals surface area contributed by atoms with Crippen molar-refractivity contribution in [3.05, 3.63) is 29.8 Å². The highest BCUT2D eigenvalue weighted by atomic mass is 16.2. The molecular weight excluding hydrogens is 236 g/mol. The third-order valence-electron chi connectivity index (χ3n) is 3.99. The van der Waals surface area contributed by atoms with Crippen LogP contribution in [0.1, 0.15) is 38.2 Å². The quantitative estimate of drug-likeness (QED) is 0.831. The van der Waals surface area contributed by atoms with E-state index in [1.54, 1.807) is 4.90 Å². The minimum absolute atomic E-state index is 0.0288. The van der Waals surface area contributed by atoms with E-state index in [4.69, 9.17) is 0 Å². The van der Waals surface area contributed by atoms with Crippen LogP contribution in [-0.2, 0) is 4.79 Å². The Balaban J connectivity index is 2.29. The average molecular weight is 256 g/mol. The van der Waals surface area contributed by atoms with Crippen LogP contribution < -0.4 is 4.90 Å². The van der Waals surface area contributed by atoms with Crippen molar-refractivity contribution in [3.8, 4) is 6.07 Å². The summed E-state index contributed by atoms with van der Waals surface area (Å²) >= 11 is 0. The number of hydrogen-bond acceptors (Lipinski definition) is 2. The first-order valence-corrected chi connectivity index (χ1v) is 6.93. The summed E-state index contributed by atoms with van der Waals surface area (Å²) in [5.74, 6) is -0.0288. The van der Waals surface area contributed by atoms with E-state index < -0.39 is 5.41 Å². The van der Waals surface area contributed by atoms with Crippen molar-refractivity contribution in [2.24, 2.45) is 5.41 Å². The monoisotopic (exact) mass is 256 g/mol. The van der Waals surface area contributed by atoms with E-state index in [9.17, 15) is 10.1 Å². The maximum atomic E-state index is 12.7. The molecule has 1 aromatic carbocycles. The summed E-state index contributed by atoms with van der Waals surface area (Å²) in [6.07, 6.45) is 3.35. The number of rotatable bonds is 3. The average Bonchev–Trinajstić information content (AvgIpc) is 2.91. The number of anilines is 1. The summed E-state index contributed by atoms with van der Waals surface area (Å²) in [6.45, 7) is 4.58. The van der Waals surface area contributed by atoms with Gasteiger partial charge in [-0.3, -0.25) is 4.79 Å². The topological polar surface area (TPSA) is 44.1 Å². The van der Waals surface area contributed by atoms with Crippen LogP contribution in [0.3, 0.4) is 0 Å². The van der Waals surface area contributed by atoms with Gasteiger partial charge >= 0.3 is 0 Å². The van der Waals surface area contributed by atoms with Crippen molar-refractivity contribution in [1.82, 2.24) is 0 Å². The number of aryl methyl sites for hydroxylation is 1. The minimum atomic E-state index is -0.791. The van der Waals surface area contributed by atoms with Crippen LogP contribution in [0, 0.1) is 23.7 Å². The first kappa shape index (κ1) is 13.6. The zero-order valence-corrected chi connectivity index (χ0v) is 11.6. The summed E-state index contributed by atoms with van der Waals surface area (Å²) in [7, 11) is 0. The molecule has 1 aliphatic carbocycles. The van der Waals surface area contributed by atoms with E-state index in [1.165, 1.54) is 5.56 Å². The van der Waals surface area contributed by atoms with Crippen LogP contribution in [0.4, 0.5) is 5.69 Å². The summed E-state index contributed by atoms with van der Waals surface area (Å²) < 4.78 is 0. The third kappa shape index (κ3) is 2.49. The molecule has 1 saturated carbocycles. The highest BCUT2D eigenvalue weighted by molar-refractivity contribution is 5.99. The normalized spacial score (nSPS) is 16.9. The molecule has 3 nitrogen and oxygen atoms in total. The van der Waals surface area contributed by atoms with Crippen LogP contribution in [0.15, 0.2) is 24.3 Å². The lowest BCUT2D eigenvalue weighted by Crippen LogP contribution is -2.42. The van der Waals surface area contributed by atoms with Crippen LogP contribution >= 0.6 is 0 Å². The summed E-state index contributed by atoms with van der Waals surface area (Å²) in [5.41, 5.74) is 1.27. The van der Waals surface area contributed by atoms with E-state index >= 15 is 0 Å². The predicted molar refractivity (Wildman–Crippen MR) is 75.7 cm³/mol. The van der Waals surface area contributed by atoms with Gasteiger partial charge in [-0.15, -0.1) is 0 Å². The van der Waals surface area contributed by atoms with Crippen LogP contribution in [0.25, 0.3) is 0 Å². The Labute approximate surface area is 114 Å². The first-order valence-electron chi connectivity index (χ1n) is 6.93. The largest absolute Gasteiger partial charge is 0.311 e. The Bertz CT molecular complexity index is 492. The Morgan fingerprint density at radius 2 is 1.89 bits per heavy atom. The lowest BCUT2D eigenvalue weighted by Gasteiger charge is -2.29. The second-order valence-electron chi connectivity index (χ2n) is 5.29. The fraction of sp³-hybridized carbons (Fsp3) is 0.500. The van der Waals surface area contributed by atoms with E-state index in [1.807, 2.05) is 38.1 Å². The molecule has 0 spiro atoms. The third-order valence-corrected chi connectivity index (χ3v) is 3.99. The van der Waals surface area contributed by atoms with Gasteiger partial charge in [0.1, 0.15) is 5.41 Å². The van der Waals surface area contributed by atoms with Gasteiger partial charge < -0.3 is 4.90 Å². The fourth-order valence-electron chi connectivity index (χ4n) is 2.78. The van der Waals surface area contributed by atoms with Crippen molar-refractivity contribution >= 4 is 11.6 Å². The molecule has 0 atom stereocenters. The molecule has 1 fully saturated rings. The predicted octanol–water partition coefficient (Wildman–Crippen LogP) is 3.43. The molecule has 19 heavy (non-hydrogen) atoms. The smallest absolute Gasteiger partial charge is 0.247 e. The van der Waals surface area contributed by atoms with Crippen molar-refractivity contribution in [1.29, 1.82) is 5.26 Å². The number of nitrogens with zero attached hydrogens (tertiary/aromatic N) is 2. The van der Waals surface area contributed by atoms with Gasteiger partial charge in [-0.2, -0.15) is 5.26 Å². The zero-order chi connectivity index (χ0) is 13.9. The van der Waals surface area contributed by atoms with E-state index in [0.717, 1.165) is 18.5 Å². The van der Waals surface area contributed by atoms with Gasteiger partial charge in [-0.05, 0) is 38.8 Å². The number of carbonyl (C=O) groups excluding carboxylic acids is 1. The number of nitriles is 1. The lowest BCUT2D eigenvalue weighted by atomic mass is 9.86. The lowest BCUT2D eigenvalue weighted by molar-refractivity contribution is -0.125. The van der Waals surface area contributed by atoms with Gasteiger partial charge in [0.2, 0.25) is 5.91 Å². The molecular formula is C16H20N2O. The zero-order valence-electron chi connectivity index (χ0n) is 11.6. The maximum absolute atomic E-state index is 12.7. The molecule has 3 heteroatoms. The molecule has 100 valence electrons. The molecule has 0 aromatic heterocycles. The molecule has 0 aliphatic heterocycles. The molecule has 1 amide bonds. The standard InChI is InChI=1S/C16H20N2O/c1-3-18(14-8-6-13(2)7-9-14)15(19)16(12-17)10-4-5-11-16/h6-9H,3-5,10-11H2,1-2H3. The minimum Gasteiger partial charge on any atom is -0.311 e. The Morgan fingerprint density at radius 1 is 1.32 bits per heavy atom. The number of benzene rings is 1. The van der Waals surface area contributed by atoms with E-state index in [0.29, 0.717) is 19.4 Å². The van der Waals surface area contributed by atoms with Gasteiger partial charge in [-0.25, -0.2) is 0 Å². The van der Waals surface area contributed by atoms with Gasteiger partial charge in [0.25, 0.3) is 0 Å². The summed E-state index contributed by atoms with van der Waals surface area (Å²) in [6, 6.07) is 10.2. The van der Waals surface area contributed by atoms with Crippen molar-refractivity contribution in [2.75, 3.05) is 11.4 Å². The summed E-state index contributed by atoms with van der Waals surface area (Å²) in [5, 5.41) is 9.42. The van der Waals surface area contributed by atoms with Crippen LogP contribution in [0.2, 0.25) is 0 Å². The van der Waals surface area contributed by atoms with Crippen molar-refractivity contribution in [3.63, 3.8) is 0 Å². The van der Waals surface area contributed by atoms with Gasteiger partial charge in [-0.1, -0.05) is 30.5 Å². The van der Waals surface area contributed by atoms with Crippen LogP contribution in [-0.4, -0.2) is 12.5 Å². The van der Waals surface area contributed by atoms with Gasteiger partial charge in [0.15, 0.2) is 0 Å². The number of hydrogen-bond donors (Lipinski definition) is 0. The first-order chi connectivity index (χ1) is 9.13. The highest BCUT2D eigenvalue weighted by Gasteiger charge is 2.44. The highest BCUT2D eigenvalue weighted by Crippen LogP contribution is 2.40. The van der Waals surface area contributed by atoms with E-state index in [2.05, 4.69) is 6.07 Å². The number of carbonyl (C=O) groups is 1. The Hall–Kier alpha value is -1.82. The molecule has 0 bridgehead atoms. The van der Waals surface area contributed by atoms with Gasteiger partial charge in [0, 0.05) is 12.2 Å². The van der Waals surface area contributed by atoms with Crippen molar-refractivity contribution < 1.29 is 4.79 Å². The molecule has 0 radical (unpaired) electrons. The van der Waals surface area contributed by atoms with Crippen molar-refractivity contribution in [2.45, 2.75) is 39.5 Å². The molecule has 0 heterocycles. The van der Waals surface area contributed by atoms with E-state index in [-0.39, 0.29) is 5.91 Å². The Morgan fingerprint density at radius 3 is 2.37 bits per heavy atom. The second kappa shape index (κ2) is 5.44. The number of amides is 1. The Kier molecular flexibility index (Phi) is 3.90. The maximum Gasteiger partial charge on any atom is 0.247 e. The summed E-state index contributed by atoms with van der Waals surface area (Å²) in [4.78, 5) is 14.5. The molecule has 1 aliphatic rings. The molecule has 0 saturated heterocycles. The second-order valence-corrected chi connectivity index (χ2v) is 5.29.